The molecule has 0 bridgehead atoms. The highest BCUT2D eigenvalue weighted by Crippen LogP contribution is 2.33. The number of nitrogens with one attached hydrogen (secondary N) is 1. The van der Waals surface area contributed by atoms with Crippen molar-refractivity contribution in [2.45, 2.75) is 38.3 Å². The van der Waals surface area contributed by atoms with Crippen LogP contribution in [0.5, 0.6) is 11.5 Å². The van der Waals surface area contributed by atoms with Crippen molar-refractivity contribution in [3.05, 3.63) is 101 Å². The summed E-state index contributed by atoms with van der Waals surface area (Å²) in [4.78, 5) is 30.5. The van der Waals surface area contributed by atoms with Gasteiger partial charge < -0.3 is 19.5 Å². The molecule has 3 aromatic rings. The molecule has 4 rings (SSSR count). The number of esters is 1. The molecular formula is C31H33ClN2O5. The van der Waals surface area contributed by atoms with E-state index in [9.17, 15) is 9.59 Å². The molecule has 1 amide bonds. The number of aromatic nitrogens is 1. The Balaban J connectivity index is 0.00000420. The molecule has 1 aliphatic rings. The Kier molecular flexibility index (Phi) is 11.1. The summed E-state index contributed by atoms with van der Waals surface area (Å²) in [5.41, 5.74) is 2.63. The van der Waals surface area contributed by atoms with Crippen LogP contribution in [0.25, 0.3) is 12.2 Å². The van der Waals surface area contributed by atoms with Gasteiger partial charge in [0.2, 0.25) is 0 Å². The molecule has 1 aliphatic carbocycles. The second kappa shape index (κ2) is 14.7. The lowest BCUT2D eigenvalue weighted by Crippen LogP contribution is -2.27. The number of ether oxygens (including phenoxy) is 3. The number of benzene rings is 2. The van der Waals surface area contributed by atoms with Crippen LogP contribution in [0.15, 0.2) is 84.2 Å². The van der Waals surface area contributed by atoms with E-state index in [0.717, 1.165) is 36.8 Å². The van der Waals surface area contributed by atoms with Gasteiger partial charge in [-0.25, -0.2) is 4.79 Å². The summed E-state index contributed by atoms with van der Waals surface area (Å²) in [6.07, 6.45) is 11.2. The van der Waals surface area contributed by atoms with Gasteiger partial charge in [0, 0.05) is 18.9 Å². The van der Waals surface area contributed by atoms with Gasteiger partial charge in [-0.2, -0.15) is 0 Å². The fourth-order valence-corrected chi connectivity index (χ4v) is 4.34. The molecule has 0 spiro atoms. The summed E-state index contributed by atoms with van der Waals surface area (Å²) >= 11 is 0. The molecule has 1 N–H and O–H groups in total. The Bertz CT molecular complexity index is 1300. The SMILES string of the molecule is COC(=O)C(=C\c1ccc(OC2CCCC2)c(OC)c1)/C(=C\c1ccccc1)C(=O)NCc1ccncc1.Cl. The number of amides is 1. The zero-order chi connectivity index (χ0) is 26.7. The monoisotopic (exact) mass is 548 g/mol. The van der Waals surface area contributed by atoms with Crippen molar-refractivity contribution in [3.63, 3.8) is 0 Å². The van der Waals surface area contributed by atoms with Crippen molar-refractivity contribution in [2.24, 2.45) is 0 Å². The summed E-state index contributed by atoms with van der Waals surface area (Å²) in [6, 6.07) is 18.5. The van der Waals surface area contributed by atoms with Gasteiger partial charge in [-0.05, 0) is 78.8 Å². The Morgan fingerprint density at radius 1 is 0.897 bits per heavy atom. The maximum Gasteiger partial charge on any atom is 0.338 e. The van der Waals surface area contributed by atoms with Gasteiger partial charge in [-0.3, -0.25) is 9.78 Å². The van der Waals surface area contributed by atoms with Gasteiger partial charge in [0.15, 0.2) is 11.5 Å². The summed E-state index contributed by atoms with van der Waals surface area (Å²) < 4.78 is 16.8. The van der Waals surface area contributed by atoms with E-state index in [4.69, 9.17) is 14.2 Å². The van der Waals surface area contributed by atoms with E-state index in [1.807, 2.05) is 54.6 Å². The average molecular weight is 549 g/mol. The first-order valence-electron chi connectivity index (χ1n) is 12.7. The zero-order valence-electron chi connectivity index (χ0n) is 22.1. The molecule has 0 radical (unpaired) electrons. The average Bonchev–Trinajstić information content (AvgIpc) is 3.48. The Hall–Kier alpha value is -4.10. The third-order valence-corrected chi connectivity index (χ3v) is 6.35. The maximum atomic E-state index is 13.5. The number of halogens is 1. The van der Waals surface area contributed by atoms with Crippen molar-refractivity contribution < 1.29 is 23.8 Å². The van der Waals surface area contributed by atoms with Gasteiger partial charge in [0.05, 0.1) is 31.5 Å². The summed E-state index contributed by atoms with van der Waals surface area (Å²) in [7, 11) is 2.88. The lowest BCUT2D eigenvalue weighted by atomic mass is 9.99. The van der Waals surface area contributed by atoms with Gasteiger partial charge >= 0.3 is 5.97 Å². The third kappa shape index (κ3) is 8.19. The summed E-state index contributed by atoms with van der Waals surface area (Å²) in [5.74, 6) is 0.184. The second-order valence-corrected chi connectivity index (χ2v) is 8.99. The molecule has 0 saturated heterocycles. The largest absolute Gasteiger partial charge is 0.493 e. The van der Waals surface area contributed by atoms with Crippen molar-refractivity contribution in [3.8, 4) is 11.5 Å². The smallest absolute Gasteiger partial charge is 0.338 e. The molecule has 0 atom stereocenters. The number of hydrogen-bond acceptors (Lipinski definition) is 6. The lowest BCUT2D eigenvalue weighted by Gasteiger charge is -2.16. The zero-order valence-corrected chi connectivity index (χ0v) is 22.9. The quantitative estimate of drug-likeness (QED) is 0.196. The van der Waals surface area contributed by atoms with Crippen LogP contribution in [0.3, 0.4) is 0 Å². The van der Waals surface area contributed by atoms with E-state index in [1.165, 1.54) is 7.11 Å². The minimum atomic E-state index is -0.628. The number of pyridine rings is 1. The van der Waals surface area contributed by atoms with Gasteiger partial charge in [0.1, 0.15) is 0 Å². The number of nitrogens with zero attached hydrogens (tertiary/aromatic N) is 1. The fourth-order valence-electron chi connectivity index (χ4n) is 4.34. The topological polar surface area (TPSA) is 86.8 Å². The minimum absolute atomic E-state index is 0. The van der Waals surface area contributed by atoms with Gasteiger partial charge in [0.25, 0.3) is 5.91 Å². The Labute approximate surface area is 235 Å². The van der Waals surface area contributed by atoms with Gasteiger partial charge in [-0.15, -0.1) is 12.4 Å². The first-order chi connectivity index (χ1) is 18.6. The third-order valence-electron chi connectivity index (χ3n) is 6.35. The molecule has 1 heterocycles. The van der Waals surface area contributed by atoms with E-state index >= 15 is 0 Å². The highest BCUT2D eigenvalue weighted by Gasteiger charge is 2.23. The van der Waals surface area contributed by atoms with Crippen LogP contribution in [-0.2, 0) is 20.9 Å². The van der Waals surface area contributed by atoms with E-state index < -0.39 is 11.9 Å². The van der Waals surface area contributed by atoms with Crippen LogP contribution in [0.2, 0.25) is 0 Å². The van der Waals surface area contributed by atoms with Crippen LogP contribution in [0.4, 0.5) is 0 Å². The number of methoxy groups -OCH3 is 2. The molecule has 1 saturated carbocycles. The van der Waals surface area contributed by atoms with E-state index in [0.29, 0.717) is 17.1 Å². The predicted octanol–water partition coefficient (Wildman–Crippen LogP) is 5.79. The fraction of sp³-hybridized carbons (Fsp3) is 0.258. The van der Waals surface area contributed by atoms with E-state index in [2.05, 4.69) is 10.3 Å². The molecule has 204 valence electrons. The van der Waals surface area contributed by atoms with Crippen LogP contribution in [-0.4, -0.2) is 37.2 Å². The maximum absolute atomic E-state index is 13.5. The van der Waals surface area contributed by atoms with E-state index in [-0.39, 0.29) is 36.2 Å². The lowest BCUT2D eigenvalue weighted by molar-refractivity contribution is -0.136. The Morgan fingerprint density at radius 2 is 1.59 bits per heavy atom. The molecule has 1 fully saturated rings. The van der Waals surface area contributed by atoms with Crippen LogP contribution < -0.4 is 14.8 Å². The summed E-state index contributed by atoms with van der Waals surface area (Å²) in [5, 5.41) is 2.91. The van der Waals surface area contributed by atoms with Crippen LogP contribution in [0, 0.1) is 0 Å². The van der Waals surface area contributed by atoms with E-state index in [1.54, 1.807) is 37.7 Å². The first-order valence-corrected chi connectivity index (χ1v) is 12.7. The molecular weight excluding hydrogens is 516 g/mol. The Morgan fingerprint density at radius 3 is 2.26 bits per heavy atom. The van der Waals surface area contributed by atoms with Crippen molar-refractivity contribution in [1.29, 1.82) is 0 Å². The molecule has 2 aromatic carbocycles. The molecule has 0 aliphatic heterocycles. The molecule has 7 nitrogen and oxygen atoms in total. The normalized spacial score (nSPS) is 13.8. The summed E-state index contributed by atoms with van der Waals surface area (Å²) in [6.45, 7) is 0.281. The number of rotatable bonds is 10. The first kappa shape index (κ1) is 29.5. The van der Waals surface area contributed by atoms with Crippen molar-refractivity contribution in [2.75, 3.05) is 14.2 Å². The van der Waals surface area contributed by atoms with Crippen LogP contribution >= 0.6 is 12.4 Å². The minimum Gasteiger partial charge on any atom is -0.493 e. The number of carbonyl (C=O) groups is 2. The van der Waals surface area contributed by atoms with Gasteiger partial charge in [-0.1, -0.05) is 36.4 Å². The predicted molar refractivity (Wildman–Crippen MR) is 154 cm³/mol. The highest BCUT2D eigenvalue weighted by atomic mass is 35.5. The van der Waals surface area contributed by atoms with Crippen molar-refractivity contribution >= 4 is 36.4 Å². The molecule has 1 aromatic heterocycles. The van der Waals surface area contributed by atoms with Crippen molar-refractivity contribution in [1.82, 2.24) is 10.3 Å². The molecule has 0 unspecified atom stereocenters. The highest BCUT2D eigenvalue weighted by molar-refractivity contribution is 6.14. The number of hydrogen-bond donors (Lipinski definition) is 1. The molecule has 39 heavy (non-hydrogen) atoms. The number of carbonyl (C=O) groups excluding carboxylic acids is 2. The molecule has 8 heteroatoms. The van der Waals surface area contributed by atoms with Crippen LogP contribution in [0.1, 0.15) is 42.4 Å². The second-order valence-electron chi connectivity index (χ2n) is 8.99. The standard InChI is InChI=1S/C31H32N2O5.ClH/c1-36-29-20-24(12-13-28(29)38-25-10-6-7-11-25)19-27(31(35)37-2)26(18-22-8-4-3-5-9-22)30(34)33-21-23-14-16-32-17-15-23;/h3-5,8-9,12-20,25H,6-7,10-11,21H2,1-2H3,(H,33,34);1H/b26-18+,27-19-;.